The molecular weight excluding hydrogens is 279 g/mol. The molecule has 0 fully saturated rings. The minimum Gasteiger partial charge on any atom is -0.340 e. The smallest absolute Gasteiger partial charge is 0.240 e. The van der Waals surface area contributed by atoms with Gasteiger partial charge in [0.15, 0.2) is 0 Å². The van der Waals surface area contributed by atoms with E-state index in [0.29, 0.717) is 6.54 Å². The van der Waals surface area contributed by atoms with Crippen LogP contribution in [0.3, 0.4) is 0 Å². The highest BCUT2D eigenvalue weighted by atomic mass is 35.5. The minimum absolute atomic E-state index is 0.0221. The Morgan fingerprint density at radius 1 is 1.39 bits per heavy atom. The summed E-state index contributed by atoms with van der Waals surface area (Å²) in [5, 5.41) is -0.199. The van der Waals surface area contributed by atoms with Gasteiger partial charge in [0.1, 0.15) is 5.82 Å². The molecule has 0 saturated carbocycles. The lowest BCUT2D eigenvalue weighted by Gasteiger charge is -2.09. The highest BCUT2D eigenvalue weighted by Crippen LogP contribution is 2.19. The SMILES string of the molecule is C[NH+](C)CCCNS(=O)(=O)c1ccc(F)c(Cl)c1. The highest BCUT2D eigenvalue weighted by Gasteiger charge is 2.15. The van der Waals surface area contributed by atoms with Crippen molar-refractivity contribution in [1.29, 1.82) is 0 Å². The molecule has 0 aliphatic carbocycles. The molecule has 4 nitrogen and oxygen atoms in total. The van der Waals surface area contributed by atoms with Gasteiger partial charge in [-0.3, -0.25) is 0 Å². The molecule has 1 aromatic carbocycles. The molecule has 1 aromatic rings. The molecule has 0 unspecified atom stereocenters. The molecule has 2 N–H and O–H groups in total. The molecule has 0 aromatic heterocycles. The first-order valence-electron chi connectivity index (χ1n) is 5.56. The monoisotopic (exact) mass is 295 g/mol. The van der Waals surface area contributed by atoms with Gasteiger partial charge < -0.3 is 4.90 Å². The van der Waals surface area contributed by atoms with Crippen LogP contribution in [0.25, 0.3) is 0 Å². The molecule has 0 atom stereocenters. The summed E-state index contributed by atoms with van der Waals surface area (Å²) in [5.41, 5.74) is 0. The summed E-state index contributed by atoms with van der Waals surface area (Å²) >= 11 is 5.55. The van der Waals surface area contributed by atoms with Gasteiger partial charge in [0.2, 0.25) is 10.0 Å². The van der Waals surface area contributed by atoms with E-state index in [1.54, 1.807) is 0 Å². The Morgan fingerprint density at radius 2 is 2.06 bits per heavy atom. The Morgan fingerprint density at radius 3 is 2.61 bits per heavy atom. The van der Waals surface area contributed by atoms with Gasteiger partial charge in [-0.2, -0.15) is 0 Å². The van der Waals surface area contributed by atoms with Gasteiger partial charge >= 0.3 is 0 Å². The van der Waals surface area contributed by atoms with Crippen molar-refractivity contribution in [1.82, 2.24) is 4.72 Å². The Kier molecular flexibility index (Phi) is 5.52. The number of quaternary nitrogens is 1. The van der Waals surface area contributed by atoms with Crippen LogP contribution in [0.1, 0.15) is 6.42 Å². The van der Waals surface area contributed by atoms with Crippen molar-refractivity contribution < 1.29 is 17.7 Å². The predicted octanol–water partition coefficient (Wildman–Crippen LogP) is 0.292. The molecule has 0 spiro atoms. The number of benzene rings is 1. The van der Waals surface area contributed by atoms with Gasteiger partial charge in [-0.25, -0.2) is 17.5 Å². The van der Waals surface area contributed by atoms with Crippen molar-refractivity contribution in [2.45, 2.75) is 11.3 Å². The van der Waals surface area contributed by atoms with Gasteiger partial charge in [-0.15, -0.1) is 0 Å². The van der Waals surface area contributed by atoms with Gasteiger partial charge in [-0.05, 0) is 18.2 Å². The van der Waals surface area contributed by atoms with Crippen molar-refractivity contribution in [3.8, 4) is 0 Å². The Hall–Kier alpha value is -0.690. The maximum atomic E-state index is 12.9. The molecule has 0 bridgehead atoms. The fraction of sp³-hybridized carbons (Fsp3) is 0.455. The number of nitrogens with one attached hydrogen (secondary N) is 2. The summed E-state index contributed by atoms with van der Waals surface area (Å²) in [4.78, 5) is 1.23. The van der Waals surface area contributed by atoms with E-state index in [1.807, 2.05) is 14.1 Å². The zero-order valence-electron chi connectivity index (χ0n) is 10.3. The predicted molar refractivity (Wildman–Crippen MR) is 68.9 cm³/mol. The molecule has 0 aliphatic rings. The van der Waals surface area contributed by atoms with Crippen molar-refractivity contribution in [2.75, 3.05) is 27.2 Å². The third kappa shape index (κ3) is 4.53. The van der Waals surface area contributed by atoms with Crippen LogP contribution in [0.2, 0.25) is 5.02 Å². The van der Waals surface area contributed by atoms with E-state index < -0.39 is 15.8 Å². The normalized spacial score (nSPS) is 12.1. The molecule has 0 radical (unpaired) electrons. The van der Waals surface area contributed by atoms with Crippen LogP contribution in [-0.2, 0) is 10.0 Å². The highest BCUT2D eigenvalue weighted by molar-refractivity contribution is 7.89. The Balaban J connectivity index is 2.66. The lowest BCUT2D eigenvalue weighted by Crippen LogP contribution is -3.05. The fourth-order valence-electron chi connectivity index (χ4n) is 1.38. The number of hydrogen-bond donors (Lipinski definition) is 2. The van der Waals surface area contributed by atoms with Gasteiger partial charge in [0.05, 0.1) is 30.6 Å². The maximum absolute atomic E-state index is 12.9. The first kappa shape index (κ1) is 15.4. The van der Waals surface area contributed by atoms with Crippen molar-refractivity contribution in [3.05, 3.63) is 29.0 Å². The Labute approximate surface area is 112 Å². The quantitative estimate of drug-likeness (QED) is 0.741. The van der Waals surface area contributed by atoms with Crippen molar-refractivity contribution in [3.63, 3.8) is 0 Å². The van der Waals surface area contributed by atoms with Crippen molar-refractivity contribution >= 4 is 21.6 Å². The molecule has 0 heterocycles. The molecule has 0 aliphatic heterocycles. The van der Waals surface area contributed by atoms with E-state index >= 15 is 0 Å². The maximum Gasteiger partial charge on any atom is 0.240 e. The zero-order chi connectivity index (χ0) is 13.8. The second kappa shape index (κ2) is 6.47. The van der Waals surface area contributed by atoms with E-state index in [0.717, 1.165) is 25.1 Å². The zero-order valence-corrected chi connectivity index (χ0v) is 11.9. The lowest BCUT2D eigenvalue weighted by atomic mass is 10.3. The number of halogens is 2. The van der Waals surface area contributed by atoms with Gasteiger partial charge in [0.25, 0.3) is 0 Å². The Bertz CT molecular complexity index is 506. The van der Waals surface area contributed by atoms with Crippen LogP contribution in [0.4, 0.5) is 4.39 Å². The summed E-state index contributed by atoms with van der Waals surface area (Å²) < 4.78 is 39.1. The third-order valence-electron chi connectivity index (χ3n) is 2.35. The summed E-state index contributed by atoms with van der Waals surface area (Å²) in [6.45, 7) is 1.22. The number of rotatable bonds is 6. The second-order valence-electron chi connectivity index (χ2n) is 4.28. The number of hydrogen-bond acceptors (Lipinski definition) is 2. The van der Waals surface area contributed by atoms with Crippen LogP contribution in [0.5, 0.6) is 0 Å². The first-order valence-corrected chi connectivity index (χ1v) is 7.43. The number of sulfonamides is 1. The molecule has 7 heteroatoms. The second-order valence-corrected chi connectivity index (χ2v) is 6.46. The summed E-state index contributed by atoms with van der Waals surface area (Å²) in [6.07, 6.45) is 0.733. The molecule has 0 saturated heterocycles. The average molecular weight is 296 g/mol. The van der Waals surface area contributed by atoms with Crippen molar-refractivity contribution in [2.24, 2.45) is 0 Å². The van der Waals surface area contributed by atoms with E-state index in [4.69, 9.17) is 11.6 Å². The van der Waals surface area contributed by atoms with E-state index in [-0.39, 0.29) is 9.92 Å². The standard InChI is InChI=1S/C11H16ClFN2O2S/c1-15(2)7-3-6-14-18(16,17)9-4-5-11(13)10(12)8-9/h4-5,8,14H,3,6-7H2,1-2H3/p+1. The molecule has 102 valence electrons. The average Bonchev–Trinajstić information content (AvgIpc) is 2.28. The van der Waals surface area contributed by atoms with Gasteiger partial charge in [-0.1, -0.05) is 11.6 Å². The van der Waals surface area contributed by atoms with Crippen LogP contribution < -0.4 is 9.62 Å². The topological polar surface area (TPSA) is 50.6 Å². The lowest BCUT2D eigenvalue weighted by molar-refractivity contribution is -0.858. The van der Waals surface area contributed by atoms with Crippen LogP contribution >= 0.6 is 11.6 Å². The molecule has 18 heavy (non-hydrogen) atoms. The van der Waals surface area contributed by atoms with E-state index in [1.165, 1.54) is 11.0 Å². The molecular formula is C11H17ClFN2O2S+. The third-order valence-corrected chi connectivity index (χ3v) is 4.10. The van der Waals surface area contributed by atoms with Crippen LogP contribution in [0.15, 0.2) is 23.1 Å². The summed E-state index contributed by atoms with van der Waals surface area (Å²) in [7, 11) is 0.381. The van der Waals surface area contributed by atoms with Crippen LogP contribution in [-0.4, -0.2) is 35.6 Å². The molecule has 1 rings (SSSR count). The van der Waals surface area contributed by atoms with Crippen LogP contribution in [0, 0.1) is 5.82 Å². The summed E-state index contributed by atoms with van der Waals surface area (Å²) in [5.74, 6) is -0.633. The molecule has 0 amide bonds. The first-order chi connectivity index (χ1) is 8.33. The fourth-order valence-corrected chi connectivity index (χ4v) is 2.72. The van der Waals surface area contributed by atoms with E-state index in [9.17, 15) is 12.8 Å². The van der Waals surface area contributed by atoms with E-state index in [2.05, 4.69) is 4.72 Å². The largest absolute Gasteiger partial charge is 0.340 e. The van der Waals surface area contributed by atoms with Gasteiger partial charge in [0, 0.05) is 13.0 Å². The summed E-state index contributed by atoms with van der Waals surface area (Å²) in [6, 6.07) is 3.35. The minimum atomic E-state index is -3.61.